The minimum absolute atomic E-state index is 0.0584. The van der Waals surface area contributed by atoms with Crippen molar-refractivity contribution in [1.29, 1.82) is 0 Å². The summed E-state index contributed by atoms with van der Waals surface area (Å²) in [6.07, 6.45) is 0.635. The van der Waals surface area contributed by atoms with Gasteiger partial charge in [0.15, 0.2) is 4.93 Å². The molecule has 5 heteroatoms. The van der Waals surface area contributed by atoms with E-state index in [9.17, 15) is 8.42 Å². The van der Waals surface area contributed by atoms with E-state index in [1.54, 1.807) is 13.8 Å². The first-order chi connectivity index (χ1) is 4.91. The van der Waals surface area contributed by atoms with E-state index in [2.05, 4.69) is 0 Å². The fourth-order valence-corrected chi connectivity index (χ4v) is 2.47. The molecule has 0 aliphatic carbocycles. The number of hydrogen-bond donors (Lipinski definition) is 1. The molecule has 1 saturated heterocycles. The van der Waals surface area contributed by atoms with Crippen LogP contribution in [0, 0.1) is 0 Å². The predicted molar refractivity (Wildman–Crippen MR) is 39.7 cm³/mol. The maximum Gasteiger partial charge on any atom is 0.295 e. The van der Waals surface area contributed by atoms with Gasteiger partial charge in [0.2, 0.25) is 0 Å². The SMILES string of the molecule is CCC1(S(=O)(=O)O)CC(C)O1. The molecule has 1 heterocycles. The van der Waals surface area contributed by atoms with Gasteiger partial charge >= 0.3 is 0 Å². The maximum absolute atomic E-state index is 10.7. The molecule has 1 rings (SSSR count). The van der Waals surface area contributed by atoms with Crippen LogP contribution in [0.4, 0.5) is 0 Å². The van der Waals surface area contributed by atoms with Crippen LogP contribution in [-0.2, 0) is 14.9 Å². The molecule has 0 aromatic carbocycles. The summed E-state index contributed by atoms with van der Waals surface area (Å²) in [5, 5.41) is 0. The Bertz CT molecular complexity index is 237. The van der Waals surface area contributed by atoms with Gasteiger partial charge in [-0.25, -0.2) is 0 Å². The predicted octanol–water partition coefficient (Wildman–Crippen LogP) is 0.789. The Morgan fingerprint density at radius 3 is 2.27 bits per heavy atom. The van der Waals surface area contributed by atoms with E-state index in [0.29, 0.717) is 12.8 Å². The molecule has 1 fully saturated rings. The van der Waals surface area contributed by atoms with Crippen molar-refractivity contribution in [2.24, 2.45) is 0 Å². The molecular weight excluding hydrogens is 168 g/mol. The highest BCUT2D eigenvalue weighted by Crippen LogP contribution is 2.39. The molecule has 2 unspecified atom stereocenters. The van der Waals surface area contributed by atoms with Crippen molar-refractivity contribution in [2.45, 2.75) is 37.7 Å². The van der Waals surface area contributed by atoms with Crippen molar-refractivity contribution in [3.63, 3.8) is 0 Å². The van der Waals surface area contributed by atoms with Gasteiger partial charge < -0.3 is 4.74 Å². The summed E-state index contributed by atoms with van der Waals surface area (Å²) in [6, 6.07) is 0. The Kier molecular flexibility index (Phi) is 1.98. The molecule has 66 valence electrons. The van der Waals surface area contributed by atoms with E-state index in [1.165, 1.54) is 0 Å². The van der Waals surface area contributed by atoms with Gasteiger partial charge in [0.05, 0.1) is 6.10 Å². The molecule has 0 aromatic heterocycles. The minimum Gasteiger partial charge on any atom is -0.353 e. The number of rotatable bonds is 2. The summed E-state index contributed by atoms with van der Waals surface area (Å²) in [4.78, 5) is -1.30. The van der Waals surface area contributed by atoms with Crippen LogP contribution >= 0.6 is 0 Å². The zero-order chi connectivity index (χ0) is 8.70. The van der Waals surface area contributed by atoms with Gasteiger partial charge in [-0.3, -0.25) is 4.55 Å². The van der Waals surface area contributed by atoms with Crippen LogP contribution in [0.5, 0.6) is 0 Å². The van der Waals surface area contributed by atoms with Crippen molar-refractivity contribution in [2.75, 3.05) is 0 Å². The molecular formula is C6H12O4S. The topological polar surface area (TPSA) is 63.6 Å². The van der Waals surface area contributed by atoms with E-state index >= 15 is 0 Å². The number of hydrogen-bond acceptors (Lipinski definition) is 3. The lowest BCUT2D eigenvalue weighted by Crippen LogP contribution is -2.54. The standard InChI is InChI=1S/C6H12O4S/c1-3-6(11(7,8)9)4-5(2)10-6/h5H,3-4H2,1-2H3,(H,7,8,9). The lowest BCUT2D eigenvalue weighted by atomic mass is 10.0. The Labute approximate surface area is 66.3 Å². The van der Waals surface area contributed by atoms with Crippen LogP contribution in [0.3, 0.4) is 0 Å². The summed E-state index contributed by atoms with van der Waals surface area (Å²) in [6.45, 7) is 3.46. The maximum atomic E-state index is 10.7. The third-order valence-corrected chi connectivity index (χ3v) is 3.52. The molecule has 2 atom stereocenters. The third-order valence-electron chi connectivity index (χ3n) is 2.02. The highest BCUT2D eigenvalue weighted by atomic mass is 32.2. The summed E-state index contributed by atoms with van der Waals surface area (Å²) < 4.78 is 35.2. The second kappa shape index (κ2) is 2.43. The molecule has 1 aliphatic rings. The minimum atomic E-state index is -4.03. The smallest absolute Gasteiger partial charge is 0.295 e. The Morgan fingerprint density at radius 2 is 2.18 bits per heavy atom. The van der Waals surface area contributed by atoms with Gasteiger partial charge in [0, 0.05) is 6.42 Å². The Morgan fingerprint density at radius 1 is 1.73 bits per heavy atom. The third kappa shape index (κ3) is 1.28. The molecule has 0 spiro atoms. The van der Waals surface area contributed by atoms with Crippen LogP contribution in [0.25, 0.3) is 0 Å². The number of ether oxygens (including phenoxy) is 1. The fourth-order valence-electron chi connectivity index (χ4n) is 1.37. The van der Waals surface area contributed by atoms with Gasteiger partial charge in [-0.15, -0.1) is 0 Å². The molecule has 4 nitrogen and oxygen atoms in total. The molecule has 0 saturated carbocycles. The van der Waals surface area contributed by atoms with E-state index < -0.39 is 15.1 Å². The van der Waals surface area contributed by atoms with Crippen molar-refractivity contribution < 1.29 is 17.7 Å². The molecule has 0 aromatic rings. The van der Waals surface area contributed by atoms with Crippen LogP contribution in [-0.4, -0.2) is 24.0 Å². The molecule has 0 bridgehead atoms. The molecule has 1 aliphatic heterocycles. The summed E-state index contributed by atoms with van der Waals surface area (Å²) in [5.41, 5.74) is 0. The van der Waals surface area contributed by atoms with Crippen LogP contribution < -0.4 is 0 Å². The largest absolute Gasteiger partial charge is 0.353 e. The summed E-state index contributed by atoms with van der Waals surface area (Å²) >= 11 is 0. The lowest BCUT2D eigenvalue weighted by Gasteiger charge is -2.42. The van der Waals surface area contributed by atoms with E-state index in [4.69, 9.17) is 9.29 Å². The lowest BCUT2D eigenvalue weighted by molar-refractivity contribution is -0.149. The first-order valence-corrected chi connectivity index (χ1v) is 5.00. The zero-order valence-electron chi connectivity index (χ0n) is 6.57. The Hall–Kier alpha value is -0.130. The summed E-state index contributed by atoms with van der Waals surface area (Å²) in [5.74, 6) is 0. The molecule has 11 heavy (non-hydrogen) atoms. The quantitative estimate of drug-likeness (QED) is 0.638. The molecule has 0 radical (unpaired) electrons. The second-order valence-electron chi connectivity index (χ2n) is 2.87. The van der Waals surface area contributed by atoms with Gasteiger partial charge in [-0.2, -0.15) is 8.42 Å². The van der Waals surface area contributed by atoms with Gasteiger partial charge in [0.25, 0.3) is 10.1 Å². The Balaban J connectivity index is 2.82. The van der Waals surface area contributed by atoms with Crippen molar-refractivity contribution >= 4 is 10.1 Å². The second-order valence-corrected chi connectivity index (χ2v) is 4.57. The fraction of sp³-hybridized carbons (Fsp3) is 1.00. The normalized spacial score (nSPS) is 38.3. The van der Waals surface area contributed by atoms with Crippen LogP contribution in [0.2, 0.25) is 0 Å². The first kappa shape index (κ1) is 8.96. The average Bonchev–Trinajstić information content (AvgIpc) is 1.77. The van der Waals surface area contributed by atoms with E-state index in [1.807, 2.05) is 0 Å². The summed E-state index contributed by atoms with van der Waals surface area (Å²) in [7, 11) is -4.03. The highest BCUT2D eigenvalue weighted by Gasteiger charge is 2.52. The van der Waals surface area contributed by atoms with Gasteiger partial charge in [-0.1, -0.05) is 6.92 Å². The van der Waals surface area contributed by atoms with Crippen molar-refractivity contribution in [3.05, 3.63) is 0 Å². The van der Waals surface area contributed by atoms with Crippen molar-refractivity contribution in [1.82, 2.24) is 0 Å². The van der Waals surface area contributed by atoms with E-state index in [-0.39, 0.29) is 6.10 Å². The molecule has 1 N–H and O–H groups in total. The van der Waals surface area contributed by atoms with Gasteiger partial charge in [0.1, 0.15) is 0 Å². The van der Waals surface area contributed by atoms with E-state index in [0.717, 1.165) is 0 Å². The van der Waals surface area contributed by atoms with Crippen molar-refractivity contribution in [3.8, 4) is 0 Å². The monoisotopic (exact) mass is 180 g/mol. The van der Waals surface area contributed by atoms with Gasteiger partial charge in [-0.05, 0) is 13.3 Å². The van der Waals surface area contributed by atoms with Crippen LogP contribution in [0.15, 0.2) is 0 Å². The zero-order valence-corrected chi connectivity index (χ0v) is 7.39. The van der Waals surface area contributed by atoms with Crippen LogP contribution in [0.1, 0.15) is 26.7 Å². The first-order valence-electron chi connectivity index (χ1n) is 3.56. The highest BCUT2D eigenvalue weighted by molar-refractivity contribution is 7.87. The average molecular weight is 180 g/mol. The molecule has 0 amide bonds.